The minimum absolute atomic E-state index is 0.0854. The molecule has 0 saturated heterocycles. The van der Waals surface area contributed by atoms with E-state index in [1.54, 1.807) is 13.8 Å². The van der Waals surface area contributed by atoms with Crippen molar-refractivity contribution in [2.75, 3.05) is 7.11 Å². The van der Waals surface area contributed by atoms with E-state index in [1.165, 1.54) is 0 Å². The van der Waals surface area contributed by atoms with Gasteiger partial charge in [-0.05, 0) is 17.8 Å². The third-order valence-electron chi connectivity index (χ3n) is 4.85. The van der Waals surface area contributed by atoms with Crippen molar-refractivity contribution in [3.63, 3.8) is 0 Å². The maximum atomic E-state index is 14.1. The molecule has 0 aromatic heterocycles. The zero-order valence-corrected chi connectivity index (χ0v) is 16.9. The second kappa shape index (κ2) is 7.93. The summed E-state index contributed by atoms with van der Waals surface area (Å²) >= 11 is 17.2. The minimum atomic E-state index is -1.64. The Kier molecular flexibility index (Phi) is 6.62. The monoisotopic (exact) mass is 450 g/mol. The van der Waals surface area contributed by atoms with Crippen molar-refractivity contribution in [2.45, 2.75) is 37.3 Å². The van der Waals surface area contributed by atoms with E-state index in [-0.39, 0.29) is 12.3 Å². The quantitative estimate of drug-likeness (QED) is 0.249. The Bertz CT molecular complexity index is 721. The standard InChI is InChI=1S/C17H17Cl3F4O3/c1-16(2)9(4-17(18,19)20)10(16)15(25)27-6-8-13(23)11(21)7(5-26-3)12(22)14(8)24/h9-10H,4-6H2,1-3H3. The molecule has 0 aliphatic heterocycles. The molecule has 0 bridgehead atoms. The average molecular weight is 452 g/mol. The fraction of sp³-hybridized carbons (Fsp3) is 0.588. The summed E-state index contributed by atoms with van der Waals surface area (Å²) in [4.78, 5) is 12.2. The molecule has 0 heterocycles. The molecular formula is C17H17Cl3F4O3. The average Bonchev–Trinajstić information content (AvgIpc) is 3.07. The molecule has 0 radical (unpaired) electrons. The maximum absolute atomic E-state index is 14.1. The van der Waals surface area contributed by atoms with Crippen LogP contribution in [0.3, 0.4) is 0 Å². The van der Waals surface area contributed by atoms with Gasteiger partial charge in [0, 0.05) is 7.11 Å². The lowest BCUT2D eigenvalue weighted by Gasteiger charge is -2.12. The van der Waals surface area contributed by atoms with Crippen LogP contribution in [0.4, 0.5) is 17.6 Å². The van der Waals surface area contributed by atoms with Gasteiger partial charge in [-0.15, -0.1) is 0 Å². The number of ether oxygens (including phenoxy) is 2. The highest BCUT2D eigenvalue weighted by molar-refractivity contribution is 6.67. The van der Waals surface area contributed by atoms with E-state index in [0.29, 0.717) is 0 Å². The normalized spacial score (nSPS) is 21.3. The number of benzene rings is 1. The summed E-state index contributed by atoms with van der Waals surface area (Å²) in [5, 5.41) is 0. The third-order valence-corrected chi connectivity index (χ3v) is 5.31. The molecule has 2 unspecified atom stereocenters. The van der Waals surface area contributed by atoms with Crippen LogP contribution in [0.2, 0.25) is 0 Å². The number of carbonyl (C=O) groups is 1. The van der Waals surface area contributed by atoms with Crippen LogP contribution in [-0.2, 0) is 27.5 Å². The topological polar surface area (TPSA) is 35.5 Å². The van der Waals surface area contributed by atoms with Crippen molar-refractivity contribution in [1.29, 1.82) is 0 Å². The van der Waals surface area contributed by atoms with Crippen LogP contribution in [0.15, 0.2) is 0 Å². The second-order valence-corrected chi connectivity index (χ2v) is 9.49. The molecule has 27 heavy (non-hydrogen) atoms. The molecule has 3 nitrogen and oxygen atoms in total. The Hall–Kier alpha value is -0.760. The maximum Gasteiger partial charge on any atom is 0.310 e. The fourth-order valence-corrected chi connectivity index (χ4v) is 3.69. The first-order valence-corrected chi connectivity index (χ1v) is 9.02. The van der Waals surface area contributed by atoms with E-state index >= 15 is 0 Å². The Morgan fingerprint density at radius 3 is 1.85 bits per heavy atom. The first kappa shape index (κ1) is 22.5. The van der Waals surface area contributed by atoms with Crippen LogP contribution in [0, 0.1) is 40.5 Å². The third kappa shape index (κ3) is 4.63. The van der Waals surface area contributed by atoms with Gasteiger partial charge in [0.1, 0.15) is 6.61 Å². The van der Waals surface area contributed by atoms with Gasteiger partial charge in [0.05, 0.1) is 23.7 Å². The number of methoxy groups -OCH3 is 1. The molecule has 1 aliphatic rings. The van der Waals surface area contributed by atoms with Crippen LogP contribution in [0.5, 0.6) is 0 Å². The number of hydrogen-bond donors (Lipinski definition) is 0. The van der Waals surface area contributed by atoms with Crippen LogP contribution in [0.1, 0.15) is 31.4 Å². The molecule has 1 aromatic carbocycles. The number of halogens is 7. The van der Waals surface area contributed by atoms with E-state index in [0.717, 1.165) is 7.11 Å². The molecule has 152 valence electrons. The summed E-state index contributed by atoms with van der Waals surface area (Å²) in [6.07, 6.45) is 0.0854. The number of carbonyl (C=O) groups excluding carboxylic acids is 1. The number of esters is 1. The molecule has 2 rings (SSSR count). The number of hydrogen-bond acceptors (Lipinski definition) is 3. The zero-order valence-electron chi connectivity index (χ0n) is 14.6. The van der Waals surface area contributed by atoms with Gasteiger partial charge < -0.3 is 9.47 Å². The molecular weight excluding hydrogens is 435 g/mol. The molecule has 0 amide bonds. The molecule has 0 N–H and O–H groups in total. The van der Waals surface area contributed by atoms with Crippen LogP contribution >= 0.6 is 34.8 Å². The van der Waals surface area contributed by atoms with Gasteiger partial charge in [-0.3, -0.25) is 4.79 Å². The first-order valence-electron chi connectivity index (χ1n) is 7.88. The summed E-state index contributed by atoms with van der Waals surface area (Å²) in [6.45, 7) is 1.88. The summed E-state index contributed by atoms with van der Waals surface area (Å²) in [7, 11) is 1.12. The SMILES string of the molecule is COCc1c(F)c(F)c(COC(=O)C2C(CC(Cl)(Cl)Cl)C2(C)C)c(F)c1F. The summed E-state index contributed by atoms with van der Waals surface area (Å²) < 4.78 is 63.8. The van der Waals surface area contributed by atoms with Crippen LogP contribution in [-0.4, -0.2) is 16.9 Å². The second-order valence-electron chi connectivity index (χ2n) is 6.98. The molecule has 1 saturated carbocycles. The lowest BCUT2D eigenvalue weighted by molar-refractivity contribution is -0.147. The first-order chi connectivity index (χ1) is 12.3. The van der Waals surface area contributed by atoms with E-state index < -0.39 is 68.7 Å². The highest BCUT2D eigenvalue weighted by Gasteiger charge is 2.63. The molecule has 0 spiro atoms. The Morgan fingerprint density at radius 1 is 1.00 bits per heavy atom. The van der Waals surface area contributed by atoms with Crippen molar-refractivity contribution < 1.29 is 31.8 Å². The summed E-state index contributed by atoms with van der Waals surface area (Å²) in [6, 6.07) is 0. The van der Waals surface area contributed by atoms with E-state index in [9.17, 15) is 22.4 Å². The van der Waals surface area contributed by atoms with Crippen molar-refractivity contribution in [2.24, 2.45) is 17.3 Å². The minimum Gasteiger partial charge on any atom is -0.460 e. The van der Waals surface area contributed by atoms with Crippen molar-refractivity contribution in [3.8, 4) is 0 Å². The largest absolute Gasteiger partial charge is 0.460 e. The molecule has 10 heteroatoms. The predicted octanol–water partition coefficient (Wildman–Crippen LogP) is 5.47. The van der Waals surface area contributed by atoms with Gasteiger partial charge in [-0.25, -0.2) is 17.6 Å². The highest BCUT2D eigenvalue weighted by Crippen LogP contribution is 2.63. The Labute approximate surface area is 168 Å². The smallest absolute Gasteiger partial charge is 0.310 e. The number of rotatable bonds is 6. The summed E-state index contributed by atoms with van der Waals surface area (Å²) in [5.74, 6) is -8.24. The van der Waals surface area contributed by atoms with Crippen molar-refractivity contribution >= 4 is 40.8 Å². The molecule has 1 aromatic rings. The Morgan fingerprint density at radius 2 is 1.44 bits per heavy atom. The van der Waals surface area contributed by atoms with Crippen molar-refractivity contribution in [3.05, 3.63) is 34.4 Å². The zero-order chi connectivity index (χ0) is 20.7. The summed E-state index contributed by atoms with van der Waals surface area (Å²) in [5.41, 5.74) is -2.44. The van der Waals surface area contributed by atoms with Gasteiger partial charge in [-0.2, -0.15) is 0 Å². The van der Waals surface area contributed by atoms with Gasteiger partial charge in [0.25, 0.3) is 0 Å². The predicted molar refractivity (Wildman–Crippen MR) is 92.5 cm³/mol. The van der Waals surface area contributed by atoms with Gasteiger partial charge >= 0.3 is 5.97 Å². The van der Waals surface area contributed by atoms with Gasteiger partial charge in [0.2, 0.25) is 0 Å². The number of alkyl halides is 3. The van der Waals surface area contributed by atoms with Crippen molar-refractivity contribution in [1.82, 2.24) is 0 Å². The Balaban J connectivity index is 2.15. The highest BCUT2D eigenvalue weighted by atomic mass is 35.6. The van der Waals surface area contributed by atoms with E-state index in [4.69, 9.17) is 39.5 Å². The van der Waals surface area contributed by atoms with Crippen LogP contribution in [0.25, 0.3) is 0 Å². The van der Waals surface area contributed by atoms with Gasteiger partial charge in [0.15, 0.2) is 27.1 Å². The van der Waals surface area contributed by atoms with E-state index in [2.05, 4.69) is 4.74 Å². The lowest BCUT2D eigenvalue weighted by atomic mass is 10.1. The van der Waals surface area contributed by atoms with Crippen LogP contribution < -0.4 is 0 Å². The lowest BCUT2D eigenvalue weighted by Crippen LogP contribution is -2.15. The van der Waals surface area contributed by atoms with Gasteiger partial charge in [-0.1, -0.05) is 48.7 Å². The molecule has 1 aliphatic carbocycles. The fourth-order valence-electron chi connectivity index (χ4n) is 3.20. The molecule has 2 atom stereocenters. The molecule has 1 fully saturated rings. The van der Waals surface area contributed by atoms with E-state index in [1.807, 2.05) is 0 Å².